The van der Waals surface area contributed by atoms with Crippen LogP contribution in [0.5, 0.6) is 0 Å². The predicted octanol–water partition coefficient (Wildman–Crippen LogP) is 1.63. The van der Waals surface area contributed by atoms with Gasteiger partial charge >= 0.3 is 0 Å². The van der Waals surface area contributed by atoms with E-state index in [1.54, 1.807) is 0 Å². The highest BCUT2D eigenvalue weighted by Crippen LogP contribution is 2.14. The van der Waals surface area contributed by atoms with Gasteiger partial charge in [0.05, 0.1) is 18.8 Å². The van der Waals surface area contributed by atoms with Gasteiger partial charge in [-0.2, -0.15) is 0 Å². The molecule has 4 nitrogen and oxygen atoms in total. The van der Waals surface area contributed by atoms with Crippen LogP contribution in [0.1, 0.15) is 22.6 Å². The molecule has 0 bridgehead atoms. The summed E-state index contributed by atoms with van der Waals surface area (Å²) in [4.78, 5) is 0. The largest absolute Gasteiger partial charge is 0.392 e. The van der Waals surface area contributed by atoms with Crippen molar-refractivity contribution in [2.24, 2.45) is 0 Å². The van der Waals surface area contributed by atoms with Crippen LogP contribution >= 0.6 is 0 Å². The fraction of sp³-hybridized carbons (Fsp3) is 0.364. The molecule has 2 heterocycles. The van der Waals surface area contributed by atoms with Crippen molar-refractivity contribution in [1.29, 1.82) is 0 Å². The van der Waals surface area contributed by atoms with Gasteiger partial charge in [-0.25, -0.2) is 0 Å². The first-order valence-corrected chi connectivity index (χ1v) is 4.88. The molecule has 2 aromatic rings. The third-order valence-corrected chi connectivity index (χ3v) is 2.52. The summed E-state index contributed by atoms with van der Waals surface area (Å²) in [6, 6.07) is 1.90. The normalized spacial score (nSPS) is 10.9. The van der Waals surface area contributed by atoms with Gasteiger partial charge in [0.2, 0.25) is 0 Å². The van der Waals surface area contributed by atoms with Crippen molar-refractivity contribution in [3.8, 4) is 0 Å². The Morgan fingerprint density at radius 2 is 2.27 bits per heavy atom. The number of aliphatic hydroxyl groups is 1. The van der Waals surface area contributed by atoms with E-state index in [9.17, 15) is 0 Å². The minimum Gasteiger partial charge on any atom is -0.392 e. The monoisotopic (exact) mass is 206 g/mol. The van der Waals surface area contributed by atoms with Gasteiger partial charge in [-0.05, 0) is 25.5 Å². The Bertz CT molecular complexity index is 437. The van der Waals surface area contributed by atoms with E-state index in [1.165, 1.54) is 0 Å². The Kier molecular flexibility index (Phi) is 2.60. The zero-order valence-electron chi connectivity index (χ0n) is 8.90. The number of rotatable bonds is 3. The maximum atomic E-state index is 8.94. The second-order valence-corrected chi connectivity index (χ2v) is 3.65. The van der Waals surface area contributed by atoms with E-state index < -0.39 is 0 Å². The molecule has 2 aromatic heterocycles. The average Bonchev–Trinajstić information content (AvgIpc) is 2.80. The van der Waals surface area contributed by atoms with Crippen molar-refractivity contribution in [2.75, 3.05) is 0 Å². The highest BCUT2D eigenvalue weighted by molar-refractivity contribution is 5.22. The molecule has 0 unspecified atom stereocenters. The standard InChI is InChI=1S/C11H14N2O2/c1-8-11(9(2)15-12-8)6-13-4-3-10(5-13)7-14/h3-5,14H,6-7H2,1-2H3. The van der Waals surface area contributed by atoms with E-state index in [1.807, 2.05) is 36.9 Å². The van der Waals surface area contributed by atoms with Gasteiger partial charge in [-0.1, -0.05) is 5.16 Å². The Hall–Kier alpha value is -1.55. The van der Waals surface area contributed by atoms with E-state index in [0.717, 1.165) is 29.1 Å². The maximum absolute atomic E-state index is 8.94. The van der Waals surface area contributed by atoms with Crippen LogP contribution in [0.4, 0.5) is 0 Å². The maximum Gasteiger partial charge on any atom is 0.138 e. The van der Waals surface area contributed by atoms with Crippen molar-refractivity contribution in [3.05, 3.63) is 41.0 Å². The third-order valence-electron chi connectivity index (χ3n) is 2.52. The predicted molar refractivity (Wildman–Crippen MR) is 55.4 cm³/mol. The molecule has 4 heteroatoms. The summed E-state index contributed by atoms with van der Waals surface area (Å²) < 4.78 is 7.10. The van der Waals surface area contributed by atoms with Gasteiger partial charge in [0.1, 0.15) is 5.76 Å². The molecule has 0 aliphatic carbocycles. The van der Waals surface area contributed by atoms with E-state index in [0.29, 0.717) is 0 Å². The van der Waals surface area contributed by atoms with Crippen molar-refractivity contribution in [3.63, 3.8) is 0 Å². The summed E-state index contributed by atoms with van der Waals surface area (Å²) in [6.07, 6.45) is 3.86. The molecule has 80 valence electrons. The van der Waals surface area contributed by atoms with Gasteiger partial charge in [-0.15, -0.1) is 0 Å². The number of aromatic nitrogens is 2. The highest BCUT2D eigenvalue weighted by atomic mass is 16.5. The number of aliphatic hydroxyl groups excluding tert-OH is 1. The van der Waals surface area contributed by atoms with Gasteiger partial charge in [0.15, 0.2) is 0 Å². The van der Waals surface area contributed by atoms with E-state index in [-0.39, 0.29) is 6.61 Å². The van der Waals surface area contributed by atoms with Crippen molar-refractivity contribution in [2.45, 2.75) is 27.0 Å². The van der Waals surface area contributed by atoms with Crippen LogP contribution in [0.25, 0.3) is 0 Å². The first-order chi connectivity index (χ1) is 7.20. The highest BCUT2D eigenvalue weighted by Gasteiger charge is 2.09. The lowest BCUT2D eigenvalue weighted by molar-refractivity contribution is 0.282. The SMILES string of the molecule is Cc1noc(C)c1Cn1ccc(CO)c1. The molecule has 0 radical (unpaired) electrons. The first-order valence-electron chi connectivity index (χ1n) is 4.88. The van der Waals surface area contributed by atoms with Crippen LogP contribution in [0.15, 0.2) is 23.0 Å². The number of hydrogen-bond acceptors (Lipinski definition) is 3. The van der Waals surface area contributed by atoms with Gasteiger partial charge in [-0.3, -0.25) is 0 Å². The molecule has 15 heavy (non-hydrogen) atoms. The molecule has 0 aromatic carbocycles. The smallest absolute Gasteiger partial charge is 0.138 e. The van der Waals surface area contributed by atoms with E-state index in [4.69, 9.17) is 9.63 Å². The molecule has 1 N–H and O–H groups in total. The van der Waals surface area contributed by atoms with E-state index >= 15 is 0 Å². The summed E-state index contributed by atoms with van der Waals surface area (Å²) in [7, 11) is 0. The Labute approximate surface area is 88.1 Å². The third kappa shape index (κ3) is 1.94. The molecule has 0 aliphatic heterocycles. The Morgan fingerprint density at radius 3 is 2.80 bits per heavy atom. The Morgan fingerprint density at radius 1 is 1.47 bits per heavy atom. The second-order valence-electron chi connectivity index (χ2n) is 3.65. The van der Waals surface area contributed by atoms with Crippen molar-refractivity contribution in [1.82, 2.24) is 9.72 Å². The average molecular weight is 206 g/mol. The zero-order valence-corrected chi connectivity index (χ0v) is 8.90. The van der Waals surface area contributed by atoms with Crippen LogP contribution in [0, 0.1) is 13.8 Å². The molecule has 0 saturated carbocycles. The fourth-order valence-electron chi connectivity index (χ4n) is 1.59. The summed E-state index contributed by atoms with van der Waals surface area (Å²) in [5.41, 5.74) is 2.95. The molecule has 0 fully saturated rings. The van der Waals surface area contributed by atoms with Crippen molar-refractivity contribution >= 4 is 0 Å². The molecule has 0 atom stereocenters. The lowest BCUT2D eigenvalue weighted by atomic mass is 10.2. The summed E-state index contributed by atoms with van der Waals surface area (Å²) in [6.45, 7) is 4.66. The van der Waals surface area contributed by atoms with Crippen molar-refractivity contribution < 1.29 is 9.63 Å². The van der Waals surface area contributed by atoms with Crippen LogP contribution in [0.3, 0.4) is 0 Å². The summed E-state index contributed by atoms with van der Waals surface area (Å²) in [5, 5.41) is 12.8. The number of hydrogen-bond donors (Lipinski definition) is 1. The topological polar surface area (TPSA) is 51.2 Å². The lowest BCUT2D eigenvalue weighted by Crippen LogP contribution is -1.98. The van der Waals surface area contributed by atoms with Gasteiger partial charge in [0.25, 0.3) is 0 Å². The Balaban J connectivity index is 2.21. The molecular formula is C11H14N2O2. The number of nitrogens with zero attached hydrogens (tertiary/aromatic N) is 2. The molecule has 0 amide bonds. The van der Waals surface area contributed by atoms with Gasteiger partial charge < -0.3 is 14.2 Å². The van der Waals surface area contributed by atoms with E-state index in [2.05, 4.69) is 5.16 Å². The lowest BCUT2D eigenvalue weighted by Gasteiger charge is -2.01. The number of aryl methyl sites for hydroxylation is 2. The quantitative estimate of drug-likeness (QED) is 0.830. The fourth-order valence-corrected chi connectivity index (χ4v) is 1.59. The van der Waals surface area contributed by atoms with Gasteiger partial charge in [0, 0.05) is 18.0 Å². The minimum absolute atomic E-state index is 0.0780. The molecule has 0 spiro atoms. The van der Waals surface area contributed by atoms with Crippen LogP contribution in [-0.2, 0) is 13.2 Å². The zero-order chi connectivity index (χ0) is 10.8. The minimum atomic E-state index is 0.0780. The summed E-state index contributed by atoms with van der Waals surface area (Å²) in [5.74, 6) is 0.853. The van der Waals surface area contributed by atoms with Crippen LogP contribution < -0.4 is 0 Å². The van der Waals surface area contributed by atoms with Crippen LogP contribution in [-0.4, -0.2) is 14.8 Å². The summed E-state index contributed by atoms with van der Waals surface area (Å²) >= 11 is 0. The molecular weight excluding hydrogens is 192 g/mol. The molecule has 0 saturated heterocycles. The second kappa shape index (κ2) is 3.90. The first kappa shape index (κ1) is 9.98. The molecule has 0 aliphatic rings. The van der Waals surface area contributed by atoms with Crippen LogP contribution in [0.2, 0.25) is 0 Å². The molecule has 2 rings (SSSR count).